The lowest BCUT2D eigenvalue weighted by atomic mass is 9.93. The summed E-state index contributed by atoms with van der Waals surface area (Å²) in [5, 5.41) is 1.15. The Kier molecular flexibility index (Phi) is 9.18. The van der Waals surface area contributed by atoms with Crippen LogP contribution in [0.4, 0.5) is 9.18 Å². The first-order valence-electron chi connectivity index (χ1n) is 13.6. The van der Waals surface area contributed by atoms with Crippen molar-refractivity contribution in [2.45, 2.75) is 19.0 Å². The third kappa shape index (κ3) is 6.17. The molecule has 8 nitrogen and oxygen atoms in total. The molecule has 5 rings (SSSR count). The number of urea groups is 1. The first kappa shape index (κ1) is 29.7. The quantitative estimate of drug-likeness (QED) is 0.319. The number of rotatable bonds is 7. The van der Waals surface area contributed by atoms with Crippen molar-refractivity contribution in [1.82, 2.24) is 14.7 Å². The molecule has 0 bridgehead atoms. The van der Waals surface area contributed by atoms with Gasteiger partial charge in [0.2, 0.25) is 5.91 Å². The van der Waals surface area contributed by atoms with Crippen LogP contribution in [0.1, 0.15) is 35.7 Å². The number of hydrogen-bond acceptors (Lipinski definition) is 5. The summed E-state index contributed by atoms with van der Waals surface area (Å²) in [5.41, 5.74) is 2.21. The third-order valence-corrected chi connectivity index (χ3v) is 7.96. The molecular formula is C31H31Cl2FN4O4. The summed E-state index contributed by atoms with van der Waals surface area (Å²) in [6, 6.07) is 18.6. The summed E-state index contributed by atoms with van der Waals surface area (Å²) < 4.78 is 24.4. The SMILES string of the molecule is COc1ccc(C2=NC(c3ccc(Cl)cc3)C(c3ccc(Cl)cc3)N2C(=O)N2CCN(C(C)=O)CC2)c(OCCF)c1. The van der Waals surface area contributed by atoms with Gasteiger partial charge < -0.3 is 19.3 Å². The molecule has 11 heteroatoms. The Hall–Kier alpha value is -3.82. The lowest BCUT2D eigenvalue weighted by molar-refractivity contribution is -0.130. The Bertz CT molecular complexity index is 1460. The molecule has 2 heterocycles. The molecular weight excluding hydrogens is 582 g/mol. The van der Waals surface area contributed by atoms with Crippen LogP contribution in [-0.2, 0) is 4.79 Å². The predicted octanol–water partition coefficient (Wildman–Crippen LogP) is 6.18. The topological polar surface area (TPSA) is 74.7 Å². The number of alkyl halides is 1. The number of amidine groups is 1. The van der Waals surface area contributed by atoms with E-state index in [0.29, 0.717) is 59.1 Å². The number of piperazine rings is 1. The van der Waals surface area contributed by atoms with E-state index in [0.717, 1.165) is 11.1 Å². The number of carbonyl (C=O) groups is 2. The Balaban J connectivity index is 1.65. The van der Waals surface area contributed by atoms with Gasteiger partial charge in [0.15, 0.2) is 0 Å². The minimum Gasteiger partial charge on any atom is -0.497 e. The first-order chi connectivity index (χ1) is 20.3. The summed E-state index contributed by atoms with van der Waals surface area (Å²) in [6.07, 6.45) is 0. The maximum atomic E-state index is 14.5. The van der Waals surface area contributed by atoms with Gasteiger partial charge in [0, 0.05) is 49.2 Å². The van der Waals surface area contributed by atoms with E-state index in [9.17, 15) is 14.0 Å². The van der Waals surface area contributed by atoms with Crippen LogP contribution in [0, 0.1) is 0 Å². The molecule has 2 atom stereocenters. The van der Waals surface area contributed by atoms with Crippen molar-refractivity contribution in [3.05, 3.63) is 93.5 Å². The Morgan fingerprint density at radius 3 is 2.07 bits per heavy atom. The Morgan fingerprint density at radius 2 is 1.50 bits per heavy atom. The van der Waals surface area contributed by atoms with Crippen LogP contribution in [0.15, 0.2) is 71.7 Å². The van der Waals surface area contributed by atoms with E-state index in [4.69, 9.17) is 37.7 Å². The van der Waals surface area contributed by atoms with Crippen molar-refractivity contribution in [2.24, 2.45) is 4.99 Å². The molecule has 1 saturated heterocycles. The van der Waals surface area contributed by atoms with Gasteiger partial charge in [0.05, 0.1) is 18.7 Å². The average molecular weight is 614 g/mol. The fourth-order valence-corrected chi connectivity index (χ4v) is 5.55. The molecule has 2 unspecified atom stereocenters. The van der Waals surface area contributed by atoms with Gasteiger partial charge in [-0.1, -0.05) is 47.5 Å². The third-order valence-electron chi connectivity index (χ3n) is 7.46. The van der Waals surface area contributed by atoms with E-state index < -0.39 is 18.8 Å². The van der Waals surface area contributed by atoms with E-state index in [-0.39, 0.29) is 18.5 Å². The standard InChI is InChI=1S/C31H31Cl2FN4O4/c1-20(39)36-14-16-37(17-15-36)31(40)38-29(22-5-9-24(33)10-6-22)28(21-3-7-23(32)8-4-21)35-30(38)26-12-11-25(41-2)19-27(26)42-18-13-34/h3-12,19,28-29H,13-18H2,1-2H3. The van der Waals surface area contributed by atoms with E-state index >= 15 is 0 Å². The van der Waals surface area contributed by atoms with E-state index in [2.05, 4.69) is 0 Å². The molecule has 2 aliphatic rings. The van der Waals surface area contributed by atoms with Crippen LogP contribution >= 0.6 is 23.2 Å². The van der Waals surface area contributed by atoms with Crippen molar-refractivity contribution >= 4 is 41.0 Å². The minimum absolute atomic E-state index is 0.0275. The number of aliphatic imine (C=N–C) groups is 1. The highest BCUT2D eigenvalue weighted by Crippen LogP contribution is 2.45. The number of ether oxygens (including phenoxy) is 2. The highest BCUT2D eigenvalue weighted by molar-refractivity contribution is 6.30. The minimum atomic E-state index is -0.688. The van der Waals surface area contributed by atoms with Crippen molar-refractivity contribution in [1.29, 1.82) is 0 Å². The second-order valence-corrected chi connectivity index (χ2v) is 10.9. The zero-order valence-electron chi connectivity index (χ0n) is 23.3. The molecule has 0 radical (unpaired) electrons. The first-order valence-corrected chi connectivity index (χ1v) is 14.4. The van der Waals surface area contributed by atoms with Crippen LogP contribution in [-0.4, -0.2) is 79.0 Å². The number of amides is 3. The Morgan fingerprint density at radius 1 is 0.905 bits per heavy atom. The van der Waals surface area contributed by atoms with Crippen molar-refractivity contribution in [2.75, 3.05) is 46.6 Å². The average Bonchev–Trinajstić information content (AvgIpc) is 3.40. The number of methoxy groups -OCH3 is 1. The van der Waals surface area contributed by atoms with Crippen LogP contribution in [0.2, 0.25) is 10.0 Å². The molecule has 3 aromatic rings. The summed E-state index contributed by atoms with van der Waals surface area (Å²) >= 11 is 12.5. The van der Waals surface area contributed by atoms with Crippen molar-refractivity contribution in [3.8, 4) is 11.5 Å². The fraction of sp³-hybridized carbons (Fsp3) is 0.323. The largest absolute Gasteiger partial charge is 0.497 e. The van der Waals surface area contributed by atoms with Gasteiger partial charge in [-0.15, -0.1) is 0 Å². The molecule has 1 fully saturated rings. The van der Waals surface area contributed by atoms with E-state index in [1.165, 1.54) is 14.0 Å². The molecule has 0 aliphatic carbocycles. The maximum Gasteiger partial charge on any atom is 0.326 e. The second-order valence-electron chi connectivity index (χ2n) is 9.99. The van der Waals surface area contributed by atoms with Crippen LogP contribution in [0.3, 0.4) is 0 Å². The van der Waals surface area contributed by atoms with Gasteiger partial charge >= 0.3 is 6.03 Å². The predicted molar refractivity (Wildman–Crippen MR) is 160 cm³/mol. The number of nitrogens with zero attached hydrogens (tertiary/aromatic N) is 4. The highest BCUT2D eigenvalue weighted by atomic mass is 35.5. The molecule has 0 aromatic heterocycles. The Labute approximate surface area is 254 Å². The number of carbonyl (C=O) groups excluding carboxylic acids is 2. The summed E-state index contributed by atoms with van der Waals surface area (Å²) in [7, 11) is 1.53. The lowest BCUT2D eigenvalue weighted by Crippen LogP contribution is -2.54. The van der Waals surface area contributed by atoms with Gasteiger partial charge in [0.1, 0.15) is 36.7 Å². The summed E-state index contributed by atoms with van der Waals surface area (Å²) in [6.45, 7) is 2.27. The summed E-state index contributed by atoms with van der Waals surface area (Å²) in [5.74, 6) is 1.22. The van der Waals surface area contributed by atoms with Gasteiger partial charge in [-0.2, -0.15) is 0 Å². The van der Waals surface area contributed by atoms with Gasteiger partial charge in [-0.25, -0.2) is 9.18 Å². The zero-order chi connectivity index (χ0) is 29.8. The van der Waals surface area contributed by atoms with Crippen LogP contribution in [0.5, 0.6) is 11.5 Å². The van der Waals surface area contributed by atoms with Gasteiger partial charge in [-0.3, -0.25) is 14.7 Å². The molecule has 3 aromatic carbocycles. The molecule has 0 N–H and O–H groups in total. The molecule has 0 spiro atoms. The fourth-order valence-electron chi connectivity index (χ4n) is 5.30. The monoisotopic (exact) mass is 612 g/mol. The highest BCUT2D eigenvalue weighted by Gasteiger charge is 2.45. The van der Waals surface area contributed by atoms with Gasteiger partial charge in [0.25, 0.3) is 0 Å². The molecule has 0 saturated carbocycles. The summed E-state index contributed by atoms with van der Waals surface area (Å²) in [4.78, 5) is 36.7. The molecule has 42 heavy (non-hydrogen) atoms. The van der Waals surface area contributed by atoms with Crippen molar-refractivity contribution < 1.29 is 23.5 Å². The second kappa shape index (κ2) is 13.0. The maximum absolute atomic E-state index is 14.5. The van der Waals surface area contributed by atoms with Crippen LogP contribution in [0.25, 0.3) is 0 Å². The number of benzene rings is 3. The zero-order valence-corrected chi connectivity index (χ0v) is 24.8. The van der Waals surface area contributed by atoms with E-state index in [1.807, 2.05) is 24.3 Å². The van der Waals surface area contributed by atoms with Gasteiger partial charge in [-0.05, 0) is 47.5 Å². The van der Waals surface area contributed by atoms with Crippen LogP contribution < -0.4 is 9.47 Å². The molecule has 2 aliphatic heterocycles. The number of hydrogen-bond donors (Lipinski definition) is 0. The lowest BCUT2D eigenvalue weighted by Gasteiger charge is -2.39. The smallest absolute Gasteiger partial charge is 0.326 e. The normalized spacial score (nSPS) is 18.6. The molecule has 3 amide bonds. The van der Waals surface area contributed by atoms with Crippen molar-refractivity contribution in [3.63, 3.8) is 0 Å². The number of halogens is 3. The van der Waals surface area contributed by atoms with E-state index in [1.54, 1.807) is 57.2 Å². The molecule has 220 valence electrons.